The first kappa shape index (κ1) is 19.5. The highest BCUT2D eigenvalue weighted by Gasteiger charge is 2.38. The Balaban J connectivity index is 1.79. The number of aryl methyl sites for hydroxylation is 1. The number of esters is 1. The highest BCUT2D eigenvalue weighted by molar-refractivity contribution is 5.79. The van der Waals surface area contributed by atoms with E-state index in [4.69, 9.17) is 4.74 Å². The van der Waals surface area contributed by atoms with Crippen LogP contribution in [0.4, 0.5) is 0 Å². The second kappa shape index (κ2) is 8.59. The van der Waals surface area contributed by atoms with Gasteiger partial charge in [-0.3, -0.25) is 4.79 Å². The lowest BCUT2D eigenvalue weighted by atomic mass is 9.75. The summed E-state index contributed by atoms with van der Waals surface area (Å²) < 4.78 is 6.26. The molecule has 3 rings (SSSR count). The number of benzene rings is 1. The van der Waals surface area contributed by atoms with Gasteiger partial charge in [0, 0.05) is 0 Å². The van der Waals surface area contributed by atoms with Crippen molar-refractivity contribution in [2.45, 2.75) is 84.7 Å². The first-order valence-corrected chi connectivity index (χ1v) is 10.7. The predicted octanol–water partition coefficient (Wildman–Crippen LogP) is 6.27. The second-order valence-corrected chi connectivity index (χ2v) is 9.23. The van der Waals surface area contributed by atoms with Crippen LogP contribution in [0.3, 0.4) is 0 Å². The highest BCUT2D eigenvalue weighted by atomic mass is 16.5. The number of carbonyl (C=O) groups excluding carboxylic acids is 1. The molecule has 4 unspecified atom stereocenters. The number of rotatable bonds is 5. The van der Waals surface area contributed by atoms with Crippen molar-refractivity contribution < 1.29 is 9.53 Å². The summed E-state index contributed by atoms with van der Waals surface area (Å²) in [7, 11) is 0. The van der Waals surface area contributed by atoms with Gasteiger partial charge in [0.15, 0.2) is 0 Å². The van der Waals surface area contributed by atoms with Gasteiger partial charge in [-0.05, 0) is 61.8 Å². The fourth-order valence-corrected chi connectivity index (χ4v) is 5.14. The molecule has 1 aromatic carbocycles. The molecule has 0 aromatic heterocycles. The molecule has 0 heterocycles. The van der Waals surface area contributed by atoms with Crippen LogP contribution in [0.5, 0.6) is 0 Å². The summed E-state index contributed by atoms with van der Waals surface area (Å²) in [6.45, 7) is 8.95. The monoisotopic (exact) mass is 356 g/mol. The Kier molecular flexibility index (Phi) is 6.42. The maximum Gasteiger partial charge on any atom is 0.313 e. The van der Waals surface area contributed by atoms with Crippen molar-refractivity contribution in [2.75, 3.05) is 0 Å². The molecule has 2 nitrogen and oxygen atoms in total. The van der Waals surface area contributed by atoms with Crippen LogP contribution >= 0.6 is 0 Å². The van der Waals surface area contributed by atoms with Crippen molar-refractivity contribution in [3.8, 4) is 0 Å². The summed E-state index contributed by atoms with van der Waals surface area (Å²) in [5.41, 5.74) is 2.39. The molecule has 2 heteroatoms. The molecule has 0 aliphatic heterocycles. The van der Waals surface area contributed by atoms with Crippen molar-refractivity contribution in [3.63, 3.8) is 0 Å². The molecule has 2 fully saturated rings. The van der Waals surface area contributed by atoms with Crippen LogP contribution in [-0.2, 0) is 9.53 Å². The van der Waals surface area contributed by atoms with E-state index in [9.17, 15) is 4.79 Å². The van der Waals surface area contributed by atoms with Crippen molar-refractivity contribution in [3.05, 3.63) is 35.4 Å². The maximum absolute atomic E-state index is 13.3. The molecular weight excluding hydrogens is 320 g/mol. The fraction of sp³-hybridized carbons (Fsp3) is 0.708. The van der Waals surface area contributed by atoms with Crippen LogP contribution in [0.2, 0.25) is 0 Å². The molecule has 0 spiro atoms. The molecule has 0 radical (unpaired) electrons. The predicted molar refractivity (Wildman–Crippen MR) is 107 cm³/mol. The zero-order chi connectivity index (χ0) is 18.7. The van der Waals surface area contributed by atoms with Crippen LogP contribution in [-0.4, -0.2) is 12.1 Å². The molecule has 0 amide bonds. The quantitative estimate of drug-likeness (QED) is 0.581. The summed E-state index contributed by atoms with van der Waals surface area (Å²) in [6.07, 6.45) is 8.38. The maximum atomic E-state index is 13.3. The SMILES string of the molecule is Cc1ccc(C(C(=O)OC2CC(C)CCC2C(C)C)C2CCCC2)cc1. The molecule has 1 aromatic rings. The first-order chi connectivity index (χ1) is 12.5. The van der Waals surface area contributed by atoms with Gasteiger partial charge in [-0.25, -0.2) is 0 Å². The van der Waals surface area contributed by atoms with Gasteiger partial charge in [-0.15, -0.1) is 0 Å². The van der Waals surface area contributed by atoms with Gasteiger partial charge >= 0.3 is 5.97 Å². The fourth-order valence-electron chi connectivity index (χ4n) is 5.14. The third-order valence-electron chi connectivity index (χ3n) is 6.79. The van der Waals surface area contributed by atoms with E-state index >= 15 is 0 Å². The summed E-state index contributed by atoms with van der Waals surface area (Å²) in [4.78, 5) is 13.3. The van der Waals surface area contributed by atoms with Crippen LogP contribution in [0, 0.1) is 30.6 Å². The van der Waals surface area contributed by atoms with Crippen LogP contribution in [0.25, 0.3) is 0 Å². The molecule has 144 valence electrons. The van der Waals surface area contributed by atoms with E-state index in [-0.39, 0.29) is 18.0 Å². The molecule has 26 heavy (non-hydrogen) atoms. The van der Waals surface area contributed by atoms with Crippen molar-refractivity contribution in [1.29, 1.82) is 0 Å². The van der Waals surface area contributed by atoms with E-state index in [0.29, 0.717) is 23.7 Å². The molecule has 4 atom stereocenters. The number of ether oxygens (including phenoxy) is 1. The summed E-state index contributed by atoms with van der Waals surface area (Å²) in [6, 6.07) is 8.54. The van der Waals surface area contributed by atoms with E-state index in [1.165, 1.54) is 31.2 Å². The Morgan fingerprint density at radius 3 is 2.31 bits per heavy atom. The number of carbonyl (C=O) groups is 1. The third kappa shape index (κ3) is 4.50. The van der Waals surface area contributed by atoms with Crippen molar-refractivity contribution in [2.24, 2.45) is 23.7 Å². The summed E-state index contributed by atoms with van der Waals surface area (Å²) in [5, 5.41) is 0. The van der Waals surface area contributed by atoms with E-state index in [0.717, 1.165) is 24.8 Å². The van der Waals surface area contributed by atoms with Gasteiger partial charge in [0.1, 0.15) is 6.10 Å². The zero-order valence-electron chi connectivity index (χ0n) is 17.0. The molecule has 0 saturated heterocycles. The average molecular weight is 357 g/mol. The van der Waals surface area contributed by atoms with E-state index in [1.807, 2.05) is 0 Å². The third-order valence-corrected chi connectivity index (χ3v) is 6.79. The standard InChI is InChI=1S/C24H36O2/c1-16(2)21-14-11-18(4)15-22(21)26-24(25)23(19-7-5-6-8-19)20-12-9-17(3)10-13-20/h9-10,12-13,16,18-19,21-23H,5-8,11,14-15H2,1-4H3. The highest BCUT2D eigenvalue weighted by Crippen LogP contribution is 2.41. The average Bonchev–Trinajstić information content (AvgIpc) is 3.10. The lowest BCUT2D eigenvalue weighted by molar-refractivity contribution is -0.159. The van der Waals surface area contributed by atoms with E-state index in [2.05, 4.69) is 52.0 Å². The van der Waals surface area contributed by atoms with Gasteiger partial charge in [0.05, 0.1) is 5.92 Å². The molecule has 0 N–H and O–H groups in total. The van der Waals surface area contributed by atoms with Crippen LogP contribution in [0.15, 0.2) is 24.3 Å². The molecular formula is C24H36O2. The Morgan fingerprint density at radius 2 is 1.69 bits per heavy atom. The summed E-state index contributed by atoms with van der Waals surface area (Å²) >= 11 is 0. The molecule has 2 saturated carbocycles. The number of hydrogen-bond acceptors (Lipinski definition) is 2. The first-order valence-electron chi connectivity index (χ1n) is 10.7. The Hall–Kier alpha value is -1.31. The van der Waals surface area contributed by atoms with Crippen LogP contribution in [0.1, 0.15) is 82.8 Å². The molecule has 2 aliphatic carbocycles. The zero-order valence-corrected chi connectivity index (χ0v) is 17.0. The largest absolute Gasteiger partial charge is 0.462 e. The molecule has 2 aliphatic rings. The van der Waals surface area contributed by atoms with Crippen molar-refractivity contribution >= 4 is 5.97 Å². The van der Waals surface area contributed by atoms with Crippen LogP contribution < -0.4 is 0 Å². The lowest BCUT2D eigenvalue weighted by Gasteiger charge is -2.37. The number of hydrogen-bond donors (Lipinski definition) is 0. The van der Waals surface area contributed by atoms with E-state index in [1.54, 1.807) is 0 Å². The second-order valence-electron chi connectivity index (χ2n) is 9.23. The minimum Gasteiger partial charge on any atom is -0.462 e. The normalized spacial score (nSPS) is 28.3. The minimum atomic E-state index is -0.0804. The Morgan fingerprint density at radius 1 is 1.04 bits per heavy atom. The van der Waals surface area contributed by atoms with Gasteiger partial charge in [0.25, 0.3) is 0 Å². The smallest absolute Gasteiger partial charge is 0.313 e. The summed E-state index contributed by atoms with van der Waals surface area (Å²) in [5.74, 6) is 2.14. The Labute approximate surface area is 159 Å². The topological polar surface area (TPSA) is 26.3 Å². The van der Waals surface area contributed by atoms with Gasteiger partial charge in [0.2, 0.25) is 0 Å². The van der Waals surface area contributed by atoms with Gasteiger partial charge in [-0.2, -0.15) is 0 Å². The molecule has 0 bridgehead atoms. The van der Waals surface area contributed by atoms with E-state index < -0.39 is 0 Å². The van der Waals surface area contributed by atoms with Crippen molar-refractivity contribution in [1.82, 2.24) is 0 Å². The Bertz CT molecular complexity index is 583. The lowest BCUT2D eigenvalue weighted by Crippen LogP contribution is -2.37. The van der Waals surface area contributed by atoms with Gasteiger partial charge < -0.3 is 4.74 Å². The minimum absolute atomic E-state index is 0.0329. The van der Waals surface area contributed by atoms with Gasteiger partial charge in [-0.1, -0.05) is 69.9 Å².